The molecule has 2 rings (SSSR count). The number of H-pyrrole nitrogens is 1. The van der Waals surface area contributed by atoms with Crippen LogP contribution >= 0.6 is 0 Å². The number of ether oxygens (including phenoxy) is 1. The number of likely N-dealkylation sites (tertiary alicyclic amines) is 1. The Labute approximate surface area is 137 Å². The number of nitrogens with one attached hydrogen (secondary N) is 1. The van der Waals surface area contributed by atoms with Gasteiger partial charge in [0.05, 0.1) is 12.7 Å². The highest BCUT2D eigenvalue weighted by Crippen LogP contribution is 2.25. The van der Waals surface area contributed by atoms with Gasteiger partial charge >= 0.3 is 5.97 Å². The van der Waals surface area contributed by atoms with Crippen LogP contribution in [0.15, 0.2) is 0 Å². The second-order valence-electron chi connectivity index (χ2n) is 6.38. The van der Waals surface area contributed by atoms with E-state index in [2.05, 4.69) is 9.88 Å². The quantitative estimate of drug-likeness (QED) is 0.841. The van der Waals surface area contributed by atoms with Gasteiger partial charge in [-0.15, -0.1) is 0 Å². The second kappa shape index (κ2) is 7.17. The topological polar surface area (TPSA) is 65.6 Å². The maximum absolute atomic E-state index is 13.0. The molecule has 0 radical (unpaired) electrons. The predicted molar refractivity (Wildman–Crippen MR) is 88.9 cm³/mol. The van der Waals surface area contributed by atoms with E-state index in [0.717, 1.165) is 31.6 Å². The molecule has 1 aromatic rings. The van der Waals surface area contributed by atoms with E-state index in [1.54, 1.807) is 0 Å². The van der Waals surface area contributed by atoms with Crippen LogP contribution in [0.2, 0.25) is 0 Å². The van der Waals surface area contributed by atoms with Crippen molar-refractivity contribution in [1.82, 2.24) is 14.8 Å². The van der Waals surface area contributed by atoms with Gasteiger partial charge in [-0.25, -0.2) is 4.79 Å². The van der Waals surface area contributed by atoms with Crippen molar-refractivity contribution in [1.29, 1.82) is 0 Å². The number of carbonyl (C=O) groups is 2. The summed E-state index contributed by atoms with van der Waals surface area (Å²) in [7, 11) is 5.40. The van der Waals surface area contributed by atoms with Crippen LogP contribution in [-0.2, 0) is 11.2 Å². The number of hydrogen-bond acceptors (Lipinski definition) is 4. The number of nitrogens with zero attached hydrogens (tertiary/aromatic N) is 2. The fraction of sp³-hybridized carbons (Fsp3) is 0.647. The van der Waals surface area contributed by atoms with E-state index in [-0.39, 0.29) is 17.9 Å². The standard InChI is InChI=1S/C17H27N3O3/c1-6-13-14(17(22)23-5)11(2)15(18-13)16(21)20-9-7-8-12(20)10-19(3)4/h12,18H,6-10H2,1-5H3. The lowest BCUT2D eigenvalue weighted by atomic mass is 10.1. The number of esters is 1. The Morgan fingerprint density at radius 1 is 1.39 bits per heavy atom. The fourth-order valence-corrected chi connectivity index (χ4v) is 3.37. The normalized spacial score (nSPS) is 17.8. The largest absolute Gasteiger partial charge is 0.465 e. The summed E-state index contributed by atoms with van der Waals surface area (Å²) < 4.78 is 4.86. The molecule has 0 spiro atoms. The lowest BCUT2D eigenvalue weighted by Crippen LogP contribution is -2.41. The molecule has 23 heavy (non-hydrogen) atoms. The van der Waals surface area contributed by atoms with Gasteiger partial charge in [0.25, 0.3) is 5.91 Å². The Morgan fingerprint density at radius 3 is 2.65 bits per heavy atom. The summed E-state index contributed by atoms with van der Waals surface area (Å²) in [6.45, 7) is 5.39. The van der Waals surface area contributed by atoms with E-state index in [1.807, 2.05) is 32.8 Å². The maximum Gasteiger partial charge on any atom is 0.339 e. The van der Waals surface area contributed by atoms with Gasteiger partial charge in [0, 0.05) is 24.8 Å². The van der Waals surface area contributed by atoms with Gasteiger partial charge in [-0.05, 0) is 45.8 Å². The van der Waals surface area contributed by atoms with Crippen molar-refractivity contribution in [2.75, 3.05) is 34.3 Å². The summed E-state index contributed by atoms with van der Waals surface area (Å²) in [4.78, 5) is 32.2. The minimum absolute atomic E-state index is 0.0169. The Morgan fingerprint density at radius 2 is 2.09 bits per heavy atom. The lowest BCUT2D eigenvalue weighted by Gasteiger charge is -2.27. The molecule has 0 aliphatic carbocycles. The van der Waals surface area contributed by atoms with Crippen molar-refractivity contribution in [2.45, 2.75) is 39.2 Å². The molecule has 6 heteroatoms. The number of aryl methyl sites for hydroxylation is 1. The van der Waals surface area contributed by atoms with Gasteiger partial charge in [0.1, 0.15) is 5.69 Å². The number of aromatic nitrogens is 1. The Kier molecular flexibility index (Phi) is 5.46. The molecule has 1 fully saturated rings. The molecule has 2 heterocycles. The number of aromatic amines is 1. The summed E-state index contributed by atoms with van der Waals surface area (Å²) in [5.74, 6) is -0.405. The van der Waals surface area contributed by atoms with Gasteiger partial charge in [-0.3, -0.25) is 4.79 Å². The zero-order valence-electron chi connectivity index (χ0n) is 14.7. The molecule has 6 nitrogen and oxygen atoms in total. The molecule has 1 amide bonds. The van der Waals surface area contributed by atoms with E-state index in [9.17, 15) is 9.59 Å². The maximum atomic E-state index is 13.0. The third kappa shape index (κ3) is 3.42. The Bertz CT molecular complexity index is 592. The fourth-order valence-electron chi connectivity index (χ4n) is 3.37. The summed E-state index contributed by atoms with van der Waals surface area (Å²) in [6.07, 6.45) is 2.70. The van der Waals surface area contributed by atoms with E-state index in [1.165, 1.54) is 7.11 Å². The number of carbonyl (C=O) groups excluding carboxylic acids is 2. The van der Waals surface area contributed by atoms with Gasteiger partial charge in [-0.1, -0.05) is 6.92 Å². The molecule has 1 unspecified atom stereocenters. The van der Waals surface area contributed by atoms with Crippen molar-refractivity contribution in [2.24, 2.45) is 0 Å². The summed E-state index contributed by atoms with van der Waals surface area (Å²) in [6, 6.07) is 0.229. The SMILES string of the molecule is CCc1[nH]c(C(=O)N2CCCC2CN(C)C)c(C)c1C(=O)OC. The Balaban J connectivity index is 2.32. The van der Waals surface area contributed by atoms with Crippen molar-refractivity contribution in [3.8, 4) is 0 Å². The minimum atomic E-state index is -0.388. The van der Waals surface area contributed by atoms with Crippen LogP contribution in [0.1, 0.15) is 51.9 Å². The zero-order valence-corrected chi connectivity index (χ0v) is 14.7. The predicted octanol–water partition coefficient (Wildman–Crippen LogP) is 1.84. The first-order chi connectivity index (χ1) is 10.9. The van der Waals surface area contributed by atoms with Crippen LogP contribution in [0.4, 0.5) is 0 Å². The van der Waals surface area contributed by atoms with Crippen LogP contribution in [0.5, 0.6) is 0 Å². The third-order valence-corrected chi connectivity index (χ3v) is 4.50. The third-order valence-electron chi connectivity index (χ3n) is 4.50. The smallest absolute Gasteiger partial charge is 0.339 e. The van der Waals surface area contributed by atoms with Gasteiger partial charge < -0.3 is 19.5 Å². The van der Waals surface area contributed by atoms with Crippen molar-refractivity contribution in [3.05, 3.63) is 22.5 Å². The first kappa shape index (κ1) is 17.5. The minimum Gasteiger partial charge on any atom is -0.465 e. The first-order valence-electron chi connectivity index (χ1n) is 8.16. The summed E-state index contributed by atoms with van der Waals surface area (Å²) in [5.41, 5.74) is 2.48. The summed E-state index contributed by atoms with van der Waals surface area (Å²) in [5, 5.41) is 0. The molecular formula is C17H27N3O3. The number of likely N-dealkylation sites (N-methyl/N-ethyl adjacent to an activating group) is 1. The molecule has 0 bridgehead atoms. The number of methoxy groups -OCH3 is 1. The highest BCUT2D eigenvalue weighted by Gasteiger charge is 2.33. The van der Waals surface area contributed by atoms with Crippen molar-refractivity contribution < 1.29 is 14.3 Å². The van der Waals surface area contributed by atoms with Crippen molar-refractivity contribution in [3.63, 3.8) is 0 Å². The zero-order chi connectivity index (χ0) is 17.1. The number of amides is 1. The molecule has 1 aromatic heterocycles. The molecule has 1 saturated heterocycles. The van der Waals surface area contributed by atoms with Crippen LogP contribution in [-0.4, -0.2) is 67.0 Å². The number of hydrogen-bond donors (Lipinski definition) is 1. The van der Waals surface area contributed by atoms with E-state index in [4.69, 9.17) is 4.74 Å². The first-order valence-corrected chi connectivity index (χ1v) is 8.16. The van der Waals surface area contributed by atoms with E-state index >= 15 is 0 Å². The molecule has 1 aliphatic heterocycles. The molecule has 1 atom stereocenters. The van der Waals surface area contributed by atoms with Gasteiger partial charge in [0.2, 0.25) is 0 Å². The molecule has 1 N–H and O–H groups in total. The molecular weight excluding hydrogens is 294 g/mol. The van der Waals surface area contributed by atoms with Crippen LogP contribution in [0, 0.1) is 6.92 Å². The molecule has 0 saturated carbocycles. The highest BCUT2D eigenvalue weighted by atomic mass is 16.5. The van der Waals surface area contributed by atoms with Crippen LogP contribution in [0.25, 0.3) is 0 Å². The molecule has 0 aromatic carbocycles. The average Bonchev–Trinajstić information content (AvgIpc) is 3.09. The lowest BCUT2D eigenvalue weighted by molar-refractivity contribution is 0.0599. The average molecular weight is 321 g/mol. The second-order valence-corrected chi connectivity index (χ2v) is 6.38. The number of rotatable bonds is 5. The molecule has 128 valence electrons. The van der Waals surface area contributed by atoms with E-state index < -0.39 is 0 Å². The van der Waals surface area contributed by atoms with E-state index in [0.29, 0.717) is 23.2 Å². The van der Waals surface area contributed by atoms with Gasteiger partial charge in [-0.2, -0.15) is 0 Å². The Hall–Kier alpha value is -1.82. The highest BCUT2D eigenvalue weighted by molar-refractivity contribution is 6.00. The van der Waals surface area contributed by atoms with Crippen LogP contribution < -0.4 is 0 Å². The van der Waals surface area contributed by atoms with Crippen molar-refractivity contribution >= 4 is 11.9 Å². The van der Waals surface area contributed by atoms with Gasteiger partial charge in [0.15, 0.2) is 0 Å². The van der Waals surface area contributed by atoms with Crippen LogP contribution in [0.3, 0.4) is 0 Å². The monoisotopic (exact) mass is 321 g/mol. The summed E-state index contributed by atoms with van der Waals surface area (Å²) >= 11 is 0. The molecule has 1 aliphatic rings.